The molecule has 0 aromatic heterocycles. The van der Waals surface area contributed by atoms with E-state index >= 15 is 0 Å². The Kier molecular flexibility index (Phi) is 3.00. The van der Waals surface area contributed by atoms with Crippen LogP contribution in [0.4, 0.5) is 14.5 Å². The van der Waals surface area contributed by atoms with Gasteiger partial charge in [0.1, 0.15) is 5.78 Å². The van der Waals surface area contributed by atoms with Crippen molar-refractivity contribution in [2.45, 2.75) is 40.0 Å². The van der Waals surface area contributed by atoms with Crippen molar-refractivity contribution in [2.75, 3.05) is 5.32 Å². The first kappa shape index (κ1) is 15.1. The second kappa shape index (κ2) is 4.37. The molecule has 1 N–H and O–H groups in total. The molecule has 0 spiro atoms. The highest BCUT2D eigenvalue weighted by Crippen LogP contribution is 2.70. The molecule has 22 heavy (non-hydrogen) atoms. The minimum absolute atomic E-state index is 0.115. The highest BCUT2D eigenvalue weighted by molar-refractivity contribution is 6.04. The summed E-state index contributed by atoms with van der Waals surface area (Å²) in [6, 6.07) is 3.26. The number of nitrogens with one attached hydrogen (secondary N) is 1. The molecule has 3 nitrogen and oxygen atoms in total. The number of carbonyl (C=O) groups is 2. The fourth-order valence-corrected chi connectivity index (χ4v) is 4.19. The van der Waals surface area contributed by atoms with E-state index in [2.05, 4.69) is 5.32 Å². The minimum Gasteiger partial charge on any atom is -0.325 e. The highest BCUT2D eigenvalue weighted by Gasteiger charge is 2.72. The molecular formula is C17H19F2NO2. The van der Waals surface area contributed by atoms with E-state index in [0.717, 1.165) is 12.1 Å². The van der Waals surface area contributed by atoms with Crippen LogP contribution in [0.1, 0.15) is 40.0 Å². The van der Waals surface area contributed by atoms with Crippen molar-refractivity contribution in [3.05, 3.63) is 29.8 Å². The normalized spacial score (nSPS) is 32.3. The van der Waals surface area contributed by atoms with Gasteiger partial charge in [-0.15, -0.1) is 0 Å². The first-order chi connectivity index (χ1) is 10.1. The standard InChI is InChI=1S/C17H19F2NO2/c1-15(2)16(3)6-7-17(15,9-13(16)21)14(22)20-10-4-5-11(18)12(19)8-10/h4-5,8H,6-7,9H2,1-3H3,(H,20,22)/t16-,17+/m1/s1. The molecule has 1 aromatic rings. The van der Waals surface area contributed by atoms with Crippen molar-refractivity contribution >= 4 is 17.4 Å². The molecule has 1 amide bonds. The molecule has 2 bridgehead atoms. The van der Waals surface area contributed by atoms with Crippen LogP contribution in [-0.2, 0) is 9.59 Å². The Morgan fingerprint density at radius 3 is 2.32 bits per heavy atom. The maximum absolute atomic E-state index is 13.3. The van der Waals surface area contributed by atoms with Crippen LogP contribution in [0.5, 0.6) is 0 Å². The molecule has 0 radical (unpaired) electrons. The minimum atomic E-state index is -1.01. The summed E-state index contributed by atoms with van der Waals surface area (Å²) < 4.78 is 26.3. The average molecular weight is 307 g/mol. The molecule has 2 fully saturated rings. The van der Waals surface area contributed by atoms with Crippen LogP contribution in [-0.4, -0.2) is 11.7 Å². The maximum atomic E-state index is 13.3. The van der Waals surface area contributed by atoms with E-state index in [4.69, 9.17) is 0 Å². The van der Waals surface area contributed by atoms with E-state index in [1.807, 2.05) is 20.8 Å². The quantitative estimate of drug-likeness (QED) is 0.905. The van der Waals surface area contributed by atoms with E-state index in [9.17, 15) is 18.4 Å². The fourth-order valence-electron chi connectivity index (χ4n) is 4.19. The van der Waals surface area contributed by atoms with Crippen LogP contribution in [0.3, 0.4) is 0 Å². The van der Waals surface area contributed by atoms with Crippen LogP contribution >= 0.6 is 0 Å². The third-order valence-electron chi connectivity index (χ3n) is 6.32. The molecule has 0 unspecified atom stereocenters. The summed E-state index contributed by atoms with van der Waals surface area (Å²) in [5.74, 6) is -2.13. The molecular weight excluding hydrogens is 288 g/mol. The number of hydrogen-bond acceptors (Lipinski definition) is 2. The van der Waals surface area contributed by atoms with Gasteiger partial charge in [-0.25, -0.2) is 8.78 Å². The Morgan fingerprint density at radius 1 is 1.14 bits per heavy atom. The third-order valence-corrected chi connectivity index (χ3v) is 6.32. The molecule has 1 aromatic carbocycles. The molecule has 5 heteroatoms. The number of ketones is 1. The first-order valence-corrected chi connectivity index (χ1v) is 7.44. The van der Waals surface area contributed by atoms with E-state index in [0.29, 0.717) is 12.8 Å². The molecule has 2 atom stereocenters. The molecule has 2 aliphatic rings. The van der Waals surface area contributed by atoms with Gasteiger partial charge in [0, 0.05) is 23.6 Å². The number of amides is 1. The Bertz CT molecular complexity index is 685. The van der Waals surface area contributed by atoms with Gasteiger partial charge in [0.05, 0.1) is 5.41 Å². The van der Waals surface area contributed by atoms with Crippen molar-refractivity contribution < 1.29 is 18.4 Å². The lowest BCUT2D eigenvalue weighted by Gasteiger charge is -2.38. The van der Waals surface area contributed by atoms with Crippen LogP contribution in [0.15, 0.2) is 18.2 Å². The zero-order valence-corrected chi connectivity index (χ0v) is 12.9. The van der Waals surface area contributed by atoms with Gasteiger partial charge in [-0.1, -0.05) is 20.8 Å². The lowest BCUT2D eigenvalue weighted by Crippen LogP contribution is -2.43. The lowest BCUT2D eigenvalue weighted by molar-refractivity contribution is -0.131. The summed E-state index contributed by atoms with van der Waals surface area (Å²) in [6.45, 7) is 5.83. The fraction of sp³-hybridized carbons (Fsp3) is 0.529. The molecule has 2 aliphatic carbocycles. The molecule has 2 saturated carbocycles. The molecule has 0 heterocycles. The predicted molar refractivity (Wildman–Crippen MR) is 78.2 cm³/mol. The topological polar surface area (TPSA) is 46.2 Å². The number of rotatable bonds is 2. The van der Waals surface area contributed by atoms with Crippen molar-refractivity contribution in [3.63, 3.8) is 0 Å². The Labute approximate surface area is 128 Å². The summed E-state index contributed by atoms with van der Waals surface area (Å²) in [7, 11) is 0. The van der Waals surface area contributed by atoms with Gasteiger partial charge in [0.15, 0.2) is 11.6 Å². The summed E-state index contributed by atoms with van der Waals surface area (Å²) >= 11 is 0. The van der Waals surface area contributed by atoms with Gasteiger partial charge in [-0.05, 0) is 30.4 Å². The van der Waals surface area contributed by atoms with Gasteiger partial charge in [0.2, 0.25) is 5.91 Å². The number of halogens is 2. The average Bonchev–Trinajstić information content (AvgIpc) is 2.73. The number of Topliss-reactive ketones (excluding diaryl/α,β-unsaturated/α-hetero) is 1. The zero-order valence-electron chi connectivity index (χ0n) is 12.9. The number of hydrogen-bond donors (Lipinski definition) is 1. The Hall–Kier alpha value is -1.78. The third kappa shape index (κ3) is 1.65. The number of benzene rings is 1. The van der Waals surface area contributed by atoms with Gasteiger partial charge < -0.3 is 5.32 Å². The van der Waals surface area contributed by atoms with Crippen LogP contribution in [0, 0.1) is 27.9 Å². The van der Waals surface area contributed by atoms with Crippen LogP contribution < -0.4 is 5.32 Å². The monoisotopic (exact) mass is 307 g/mol. The lowest BCUT2D eigenvalue weighted by atomic mass is 9.64. The molecule has 0 saturated heterocycles. The van der Waals surface area contributed by atoms with Crippen molar-refractivity contribution in [1.82, 2.24) is 0 Å². The SMILES string of the molecule is CC1(C)[C@@]2(C(=O)Nc3ccc(F)c(F)c3)CC[C@]1(C)C(=O)C2. The number of carbonyl (C=O) groups excluding carboxylic acids is 2. The van der Waals surface area contributed by atoms with E-state index < -0.39 is 27.9 Å². The van der Waals surface area contributed by atoms with Gasteiger partial charge in [-0.3, -0.25) is 9.59 Å². The van der Waals surface area contributed by atoms with E-state index in [-0.39, 0.29) is 23.8 Å². The molecule has 118 valence electrons. The smallest absolute Gasteiger partial charge is 0.231 e. The second-order valence-corrected chi connectivity index (χ2v) is 7.22. The van der Waals surface area contributed by atoms with Crippen LogP contribution in [0.25, 0.3) is 0 Å². The second-order valence-electron chi connectivity index (χ2n) is 7.22. The highest BCUT2D eigenvalue weighted by atomic mass is 19.2. The van der Waals surface area contributed by atoms with Crippen LogP contribution in [0.2, 0.25) is 0 Å². The van der Waals surface area contributed by atoms with Gasteiger partial charge >= 0.3 is 0 Å². The summed E-state index contributed by atoms with van der Waals surface area (Å²) in [4.78, 5) is 25.2. The van der Waals surface area contributed by atoms with Gasteiger partial charge in [-0.2, -0.15) is 0 Å². The first-order valence-electron chi connectivity index (χ1n) is 7.44. The van der Waals surface area contributed by atoms with Crippen molar-refractivity contribution in [2.24, 2.45) is 16.2 Å². The van der Waals surface area contributed by atoms with E-state index in [1.165, 1.54) is 6.07 Å². The van der Waals surface area contributed by atoms with Crippen molar-refractivity contribution in [3.8, 4) is 0 Å². The zero-order chi connectivity index (χ0) is 16.3. The Balaban J connectivity index is 1.92. The number of fused-ring (bicyclic) bond motifs is 2. The molecule has 3 rings (SSSR count). The van der Waals surface area contributed by atoms with E-state index in [1.54, 1.807) is 0 Å². The van der Waals surface area contributed by atoms with Gasteiger partial charge in [0.25, 0.3) is 0 Å². The summed E-state index contributed by atoms with van der Waals surface area (Å²) in [6.07, 6.45) is 1.54. The number of anilines is 1. The summed E-state index contributed by atoms with van der Waals surface area (Å²) in [5, 5.41) is 2.67. The largest absolute Gasteiger partial charge is 0.325 e. The maximum Gasteiger partial charge on any atom is 0.231 e. The summed E-state index contributed by atoms with van der Waals surface area (Å²) in [5.41, 5.74) is -1.51. The molecule has 0 aliphatic heterocycles. The van der Waals surface area contributed by atoms with Crippen molar-refractivity contribution in [1.29, 1.82) is 0 Å². The Morgan fingerprint density at radius 2 is 1.82 bits per heavy atom. The predicted octanol–water partition coefficient (Wildman–Crippen LogP) is 3.69.